The van der Waals surface area contributed by atoms with Crippen molar-refractivity contribution in [3.05, 3.63) is 29.6 Å². The molecule has 0 saturated carbocycles. The number of aromatic nitrogens is 1. The first-order chi connectivity index (χ1) is 8.27. The summed E-state index contributed by atoms with van der Waals surface area (Å²) in [5.74, 6) is 0.178. The second-order valence-corrected chi connectivity index (χ2v) is 4.49. The number of hydrogen-bond acceptors (Lipinski definition) is 4. The summed E-state index contributed by atoms with van der Waals surface area (Å²) in [4.78, 5) is 18.4. The summed E-state index contributed by atoms with van der Waals surface area (Å²) in [6.45, 7) is 6.44. The van der Waals surface area contributed by atoms with Gasteiger partial charge in [-0.05, 0) is 38.1 Å². The highest BCUT2D eigenvalue weighted by Gasteiger charge is 2.15. The third-order valence-corrected chi connectivity index (χ3v) is 3.14. The largest absolute Gasteiger partial charge is 0.315 e. The van der Waals surface area contributed by atoms with Crippen molar-refractivity contribution in [2.75, 3.05) is 32.7 Å². The van der Waals surface area contributed by atoms with Crippen LogP contribution in [0.4, 0.5) is 0 Å². The van der Waals surface area contributed by atoms with Gasteiger partial charge in [0.2, 0.25) is 0 Å². The number of pyridine rings is 1. The fourth-order valence-electron chi connectivity index (χ4n) is 2.10. The van der Waals surface area contributed by atoms with Gasteiger partial charge in [-0.2, -0.15) is 0 Å². The molecule has 0 bridgehead atoms. The lowest BCUT2D eigenvalue weighted by Gasteiger charge is -2.18. The summed E-state index contributed by atoms with van der Waals surface area (Å²) in [7, 11) is 0. The number of hydrogen-bond donors (Lipinski definition) is 1. The predicted octanol–water partition coefficient (Wildman–Crippen LogP) is 0.868. The molecular weight excluding hydrogens is 214 g/mol. The highest BCUT2D eigenvalue weighted by molar-refractivity contribution is 5.98. The summed E-state index contributed by atoms with van der Waals surface area (Å²) in [6.07, 6.45) is 4.51. The van der Waals surface area contributed by atoms with E-state index in [2.05, 4.69) is 15.2 Å². The minimum Gasteiger partial charge on any atom is -0.315 e. The molecule has 1 aromatic rings. The van der Waals surface area contributed by atoms with E-state index < -0.39 is 0 Å². The highest BCUT2D eigenvalue weighted by atomic mass is 16.1. The van der Waals surface area contributed by atoms with Gasteiger partial charge in [-0.1, -0.05) is 0 Å². The Bertz CT molecular complexity index is 384. The van der Waals surface area contributed by atoms with E-state index in [-0.39, 0.29) is 5.78 Å². The van der Waals surface area contributed by atoms with Crippen molar-refractivity contribution in [3.63, 3.8) is 0 Å². The molecule has 17 heavy (non-hydrogen) atoms. The van der Waals surface area contributed by atoms with Crippen molar-refractivity contribution in [3.8, 4) is 0 Å². The smallest absolute Gasteiger partial charge is 0.178 e. The number of Topliss-reactive ketones (excluding diaryl/α,β-unsaturated/α-hetero) is 1. The third kappa shape index (κ3) is 3.35. The lowest BCUT2D eigenvalue weighted by molar-refractivity contribution is 0.0934. The van der Waals surface area contributed by atoms with Gasteiger partial charge in [0.05, 0.1) is 6.54 Å². The van der Waals surface area contributed by atoms with Gasteiger partial charge in [-0.3, -0.25) is 14.7 Å². The van der Waals surface area contributed by atoms with Crippen molar-refractivity contribution in [2.24, 2.45) is 0 Å². The minimum absolute atomic E-state index is 0.178. The Morgan fingerprint density at radius 1 is 1.47 bits per heavy atom. The van der Waals surface area contributed by atoms with Crippen molar-refractivity contribution in [1.29, 1.82) is 0 Å². The second-order valence-electron chi connectivity index (χ2n) is 4.49. The SMILES string of the molecule is Cc1ccncc1C(=O)CN1CCCNCC1. The Morgan fingerprint density at radius 3 is 3.18 bits per heavy atom. The average Bonchev–Trinajstić information content (AvgIpc) is 2.58. The van der Waals surface area contributed by atoms with Crippen LogP contribution >= 0.6 is 0 Å². The number of carbonyl (C=O) groups is 1. The van der Waals surface area contributed by atoms with E-state index in [1.807, 2.05) is 13.0 Å². The Hall–Kier alpha value is -1.26. The van der Waals surface area contributed by atoms with E-state index in [1.165, 1.54) is 0 Å². The van der Waals surface area contributed by atoms with Gasteiger partial charge in [-0.15, -0.1) is 0 Å². The first-order valence-electron chi connectivity index (χ1n) is 6.14. The van der Waals surface area contributed by atoms with Crippen molar-refractivity contribution in [1.82, 2.24) is 15.2 Å². The number of nitrogens with zero attached hydrogens (tertiary/aromatic N) is 2. The summed E-state index contributed by atoms with van der Waals surface area (Å²) >= 11 is 0. The Kier molecular flexibility index (Phi) is 4.23. The van der Waals surface area contributed by atoms with Crippen LogP contribution in [-0.2, 0) is 0 Å². The first kappa shape index (κ1) is 12.2. The number of carbonyl (C=O) groups excluding carboxylic acids is 1. The molecule has 0 unspecified atom stereocenters. The van der Waals surface area contributed by atoms with Gasteiger partial charge >= 0.3 is 0 Å². The van der Waals surface area contributed by atoms with E-state index >= 15 is 0 Å². The van der Waals surface area contributed by atoms with Crippen LogP contribution in [-0.4, -0.2) is 48.4 Å². The van der Waals surface area contributed by atoms with Gasteiger partial charge in [0.25, 0.3) is 0 Å². The zero-order valence-electron chi connectivity index (χ0n) is 10.3. The molecular formula is C13H19N3O. The molecule has 0 aromatic carbocycles. The van der Waals surface area contributed by atoms with Crippen LogP contribution in [0.25, 0.3) is 0 Å². The first-order valence-corrected chi connectivity index (χ1v) is 6.14. The number of aryl methyl sites for hydroxylation is 1. The van der Waals surface area contributed by atoms with E-state index in [1.54, 1.807) is 12.4 Å². The van der Waals surface area contributed by atoms with Gasteiger partial charge in [-0.25, -0.2) is 0 Å². The molecule has 1 N–H and O–H groups in total. The summed E-state index contributed by atoms with van der Waals surface area (Å²) in [5.41, 5.74) is 1.77. The molecule has 0 amide bonds. The van der Waals surface area contributed by atoms with Crippen LogP contribution in [0.5, 0.6) is 0 Å². The number of nitrogens with one attached hydrogen (secondary N) is 1. The molecule has 0 spiro atoms. The maximum Gasteiger partial charge on any atom is 0.178 e. The molecule has 92 valence electrons. The minimum atomic E-state index is 0.178. The highest BCUT2D eigenvalue weighted by Crippen LogP contribution is 2.07. The summed E-state index contributed by atoms with van der Waals surface area (Å²) in [5, 5.41) is 3.34. The molecule has 0 radical (unpaired) electrons. The fraction of sp³-hybridized carbons (Fsp3) is 0.538. The average molecular weight is 233 g/mol. The molecule has 1 fully saturated rings. The number of rotatable bonds is 3. The molecule has 0 aliphatic carbocycles. The second kappa shape index (κ2) is 5.89. The Morgan fingerprint density at radius 2 is 2.35 bits per heavy atom. The number of ketones is 1. The molecule has 2 heterocycles. The zero-order valence-corrected chi connectivity index (χ0v) is 10.3. The normalized spacial score (nSPS) is 17.7. The van der Waals surface area contributed by atoms with Crippen molar-refractivity contribution in [2.45, 2.75) is 13.3 Å². The van der Waals surface area contributed by atoms with E-state index in [9.17, 15) is 4.79 Å². The molecule has 4 nitrogen and oxygen atoms in total. The Balaban J connectivity index is 1.98. The fourth-order valence-corrected chi connectivity index (χ4v) is 2.10. The van der Waals surface area contributed by atoms with E-state index in [4.69, 9.17) is 0 Å². The molecule has 0 atom stereocenters. The van der Waals surface area contributed by atoms with Gasteiger partial charge < -0.3 is 5.32 Å². The van der Waals surface area contributed by atoms with Crippen molar-refractivity contribution >= 4 is 5.78 Å². The molecule has 1 aromatic heterocycles. The van der Waals surface area contributed by atoms with E-state index in [0.29, 0.717) is 6.54 Å². The van der Waals surface area contributed by atoms with Gasteiger partial charge in [0, 0.05) is 31.0 Å². The lowest BCUT2D eigenvalue weighted by atomic mass is 10.1. The Labute approximate surface area is 102 Å². The van der Waals surface area contributed by atoms with Crippen LogP contribution < -0.4 is 5.32 Å². The zero-order chi connectivity index (χ0) is 12.1. The van der Waals surface area contributed by atoms with Gasteiger partial charge in [0.15, 0.2) is 5.78 Å². The van der Waals surface area contributed by atoms with Crippen LogP contribution in [0.2, 0.25) is 0 Å². The summed E-state index contributed by atoms with van der Waals surface area (Å²) < 4.78 is 0. The van der Waals surface area contributed by atoms with Crippen LogP contribution in [0.15, 0.2) is 18.5 Å². The topological polar surface area (TPSA) is 45.2 Å². The monoisotopic (exact) mass is 233 g/mol. The van der Waals surface area contributed by atoms with Crippen molar-refractivity contribution < 1.29 is 4.79 Å². The van der Waals surface area contributed by atoms with Gasteiger partial charge in [0.1, 0.15) is 0 Å². The maximum atomic E-state index is 12.1. The maximum absolute atomic E-state index is 12.1. The molecule has 1 aliphatic heterocycles. The van der Waals surface area contributed by atoms with Crippen LogP contribution in [0.1, 0.15) is 22.3 Å². The third-order valence-electron chi connectivity index (χ3n) is 3.14. The van der Waals surface area contributed by atoms with Crippen LogP contribution in [0.3, 0.4) is 0 Å². The van der Waals surface area contributed by atoms with Crippen LogP contribution in [0, 0.1) is 6.92 Å². The molecule has 2 rings (SSSR count). The summed E-state index contributed by atoms with van der Waals surface area (Å²) in [6, 6.07) is 1.89. The van der Waals surface area contributed by atoms with E-state index in [0.717, 1.165) is 43.7 Å². The standard InChI is InChI=1S/C13H19N3O/c1-11-3-5-15-9-12(11)13(17)10-16-7-2-4-14-6-8-16/h3,5,9,14H,2,4,6-8,10H2,1H3. The molecule has 1 aliphatic rings. The molecule has 4 heteroatoms. The predicted molar refractivity (Wildman–Crippen MR) is 67.2 cm³/mol. The quantitative estimate of drug-likeness (QED) is 0.787. The molecule has 1 saturated heterocycles. The lowest BCUT2D eigenvalue weighted by Crippen LogP contribution is -2.33.